The van der Waals surface area contributed by atoms with Gasteiger partial charge in [-0.3, -0.25) is 13.9 Å². The fourth-order valence-electron chi connectivity index (χ4n) is 3.64. The third kappa shape index (κ3) is 8.09. The van der Waals surface area contributed by atoms with Crippen LogP contribution in [-0.2, 0) is 26.2 Å². The first-order chi connectivity index (χ1) is 17.0. The molecule has 0 spiro atoms. The standard InChI is InChI=1S/C25H33ClFN3O5S/c1-5-7-14-28-25(32)22(6-2)29(16-18-8-10-19(27)11-9-18)24(31)17-30(36(4,33)34)20-12-13-23(35-3)21(26)15-20/h8-13,15,22H,5-7,14,16-17H2,1-4H3,(H,28,32)/t22-/m0/s1. The van der Waals surface area contributed by atoms with Gasteiger partial charge in [0.15, 0.2) is 0 Å². The first kappa shape index (κ1) is 29.4. The number of hydrogen-bond donors (Lipinski definition) is 1. The highest BCUT2D eigenvalue weighted by Gasteiger charge is 2.31. The van der Waals surface area contributed by atoms with Crippen molar-refractivity contribution in [2.45, 2.75) is 45.7 Å². The Balaban J connectivity index is 2.42. The number of amides is 2. The van der Waals surface area contributed by atoms with Crippen molar-refractivity contribution in [3.05, 3.63) is 58.9 Å². The smallest absolute Gasteiger partial charge is 0.244 e. The van der Waals surface area contributed by atoms with E-state index in [1.165, 1.54) is 54.5 Å². The van der Waals surface area contributed by atoms with Crippen molar-refractivity contribution in [1.29, 1.82) is 0 Å². The predicted octanol–water partition coefficient (Wildman–Crippen LogP) is 3.98. The van der Waals surface area contributed by atoms with E-state index in [1.807, 2.05) is 6.92 Å². The Bertz CT molecular complexity index is 1140. The highest BCUT2D eigenvalue weighted by molar-refractivity contribution is 7.92. The van der Waals surface area contributed by atoms with Crippen molar-refractivity contribution in [1.82, 2.24) is 10.2 Å². The van der Waals surface area contributed by atoms with Crippen LogP contribution in [0.25, 0.3) is 0 Å². The predicted molar refractivity (Wildman–Crippen MR) is 139 cm³/mol. The molecular formula is C25H33ClFN3O5S. The van der Waals surface area contributed by atoms with Crippen LogP contribution >= 0.6 is 11.6 Å². The summed E-state index contributed by atoms with van der Waals surface area (Å²) in [4.78, 5) is 27.9. The van der Waals surface area contributed by atoms with E-state index in [0.29, 0.717) is 24.3 Å². The minimum Gasteiger partial charge on any atom is -0.495 e. The molecule has 2 amide bonds. The molecule has 0 radical (unpaired) electrons. The molecule has 2 aromatic carbocycles. The molecule has 1 N–H and O–H groups in total. The monoisotopic (exact) mass is 541 g/mol. The molecule has 2 rings (SSSR count). The van der Waals surface area contributed by atoms with Crippen LogP contribution in [0.15, 0.2) is 42.5 Å². The number of nitrogens with one attached hydrogen (secondary N) is 1. The summed E-state index contributed by atoms with van der Waals surface area (Å²) in [5.41, 5.74) is 0.779. The van der Waals surface area contributed by atoms with Crippen molar-refractivity contribution < 1.29 is 27.1 Å². The molecule has 0 aliphatic rings. The molecule has 0 saturated carbocycles. The molecule has 0 aromatic heterocycles. The quantitative estimate of drug-likeness (QED) is 0.387. The molecule has 0 unspecified atom stereocenters. The van der Waals surface area contributed by atoms with Crippen LogP contribution in [0.3, 0.4) is 0 Å². The van der Waals surface area contributed by atoms with Crippen LogP contribution in [0.5, 0.6) is 5.75 Å². The van der Waals surface area contributed by atoms with E-state index in [0.717, 1.165) is 23.4 Å². The van der Waals surface area contributed by atoms with Gasteiger partial charge >= 0.3 is 0 Å². The summed E-state index contributed by atoms with van der Waals surface area (Å²) in [5, 5.41) is 3.03. The zero-order valence-electron chi connectivity index (χ0n) is 21.0. The molecule has 0 aliphatic heterocycles. The van der Waals surface area contributed by atoms with E-state index in [9.17, 15) is 22.4 Å². The molecule has 0 heterocycles. The molecule has 0 fully saturated rings. The van der Waals surface area contributed by atoms with Crippen molar-refractivity contribution in [3.63, 3.8) is 0 Å². The lowest BCUT2D eigenvalue weighted by Gasteiger charge is -2.33. The Morgan fingerprint density at radius 1 is 1.14 bits per heavy atom. The van der Waals surface area contributed by atoms with Crippen LogP contribution in [0.1, 0.15) is 38.7 Å². The minimum absolute atomic E-state index is 0.000210. The fraction of sp³-hybridized carbons (Fsp3) is 0.440. The van der Waals surface area contributed by atoms with Crippen LogP contribution in [-0.4, -0.2) is 57.6 Å². The molecular weight excluding hydrogens is 509 g/mol. The van der Waals surface area contributed by atoms with Crippen LogP contribution in [0.4, 0.5) is 10.1 Å². The molecule has 0 aliphatic carbocycles. The number of unbranched alkanes of at least 4 members (excludes halogenated alkanes) is 1. The summed E-state index contributed by atoms with van der Waals surface area (Å²) in [6.45, 7) is 3.68. The maximum Gasteiger partial charge on any atom is 0.244 e. The Hall–Kier alpha value is -2.85. The molecule has 11 heteroatoms. The SMILES string of the molecule is CCCCNC(=O)[C@H](CC)N(Cc1ccc(F)cc1)C(=O)CN(c1ccc(OC)c(Cl)c1)S(C)(=O)=O. The molecule has 8 nitrogen and oxygen atoms in total. The van der Waals surface area contributed by atoms with Gasteiger partial charge in [-0.05, 0) is 48.7 Å². The lowest BCUT2D eigenvalue weighted by Crippen LogP contribution is -2.52. The maximum atomic E-state index is 13.6. The van der Waals surface area contributed by atoms with Crippen molar-refractivity contribution in [3.8, 4) is 5.75 Å². The van der Waals surface area contributed by atoms with Gasteiger partial charge in [0.05, 0.1) is 24.1 Å². The van der Waals surface area contributed by atoms with Crippen molar-refractivity contribution >= 4 is 39.1 Å². The van der Waals surface area contributed by atoms with E-state index in [4.69, 9.17) is 16.3 Å². The number of halogens is 2. The Kier molecular flexibility index (Phi) is 11.0. The number of nitrogens with zero attached hydrogens (tertiary/aromatic N) is 2. The topological polar surface area (TPSA) is 96.0 Å². The number of carbonyl (C=O) groups excluding carboxylic acids is 2. The summed E-state index contributed by atoms with van der Waals surface area (Å²) < 4.78 is 44.8. The number of hydrogen-bond acceptors (Lipinski definition) is 5. The highest BCUT2D eigenvalue weighted by Crippen LogP contribution is 2.30. The second kappa shape index (κ2) is 13.5. The number of carbonyl (C=O) groups is 2. The number of anilines is 1. The van der Waals surface area contributed by atoms with Gasteiger partial charge in [-0.15, -0.1) is 0 Å². The average molecular weight is 542 g/mol. The van der Waals surface area contributed by atoms with Crippen LogP contribution < -0.4 is 14.4 Å². The molecule has 2 aromatic rings. The molecule has 0 bridgehead atoms. The largest absolute Gasteiger partial charge is 0.495 e. The average Bonchev–Trinajstić information content (AvgIpc) is 2.83. The van der Waals surface area contributed by atoms with E-state index in [1.54, 1.807) is 6.92 Å². The van der Waals surface area contributed by atoms with E-state index >= 15 is 0 Å². The summed E-state index contributed by atoms with van der Waals surface area (Å²) >= 11 is 6.19. The van der Waals surface area contributed by atoms with Crippen LogP contribution in [0, 0.1) is 5.82 Å². The lowest BCUT2D eigenvalue weighted by molar-refractivity contribution is -0.140. The normalized spacial score (nSPS) is 12.1. The Morgan fingerprint density at radius 2 is 1.81 bits per heavy atom. The summed E-state index contributed by atoms with van der Waals surface area (Å²) in [6.07, 6.45) is 2.97. The second-order valence-corrected chi connectivity index (χ2v) is 10.6. The zero-order valence-corrected chi connectivity index (χ0v) is 22.5. The van der Waals surface area contributed by atoms with Gasteiger partial charge in [0.2, 0.25) is 21.8 Å². The highest BCUT2D eigenvalue weighted by atomic mass is 35.5. The van der Waals surface area contributed by atoms with Crippen molar-refractivity contribution in [2.75, 3.05) is 30.8 Å². The van der Waals surface area contributed by atoms with Gasteiger partial charge in [0.25, 0.3) is 0 Å². The summed E-state index contributed by atoms with van der Waals surface area (Å²) in [7, 11) is -2.46. The number of ether oxygens (including phenoxy) is 1. The third-order valence-corrected chi connectivity index (χ3v) is 7.02. The van der Waals surface area contributed by atoms with Gasteiger partial charge in [-0.1, -0.05) is 44.0 Å². The Morgan fingerprint density at radius 3 is 2.33 bits per heavy atom. The van der Waals surface area contributed by atoms with E-state index in [2.05, 4.69) is 5.32 Å². The van der Waals surface area contributed by atoms with Gasteiger partial charge in [-0.2, -0.15) is 0 Å². The summed E-state index contributed by atoms with van der Waals surface area (Å²) in [5.74, 6) is -0.998. The second-order valence-electron chi connectivity index (χ2n) is 8.31. The fourth-order valence-corrected chi connectivity index (χ4v) is 4.73. The number of sulfonamides is 1. The number of benzene rings is 2. The van der Waals surface area contributed by atoms with E-state index < -0.39 is 34.3 Å². The lowest BCUT2D eigenvalue weighted by atomic mass is 10.1. The molecule has 0 saturated heterocycles. The maximum absolute atomic E-state index is 13.6. The zero-order chi connectivity index (χ0) is 26.9. The van der Waals surface area contributed by atoms with Gasteiger partial charge < -0.3 is 15.0 Å². The van der Waals surface area contributed by atoms with Gasteiger partial charge in [0.1, 0.15) is 24.2 Å². The number of rotatable bonds is 13. The molecule has 36 heavy (non-hydrogen) atoms. The minimum atomic E-state index is -3.90. The third-order valence-electron chi connectivity index (χ3n) is 5.58. The van der Waals surface area contributed by atoms with Crippen LogP contribution in [0.2, 0.25) is 5.02 Å². The van der Waals surface area contributed by atoms with Gasteiger partial charge in [0, 0.05) is 13.1 Å². The first-order valence-electron chi connectivity index (χ1n) is 11.6. The summed E-state index contributed by atoms with van der Waals surface area (Å²) in [6, 6.07) is 9.12. The first-order valence-corrected chi connectivity index (χ1v) is 13.9. The molecule has 198 valence electrons. The van der Waals surface area contributed by atoms with Gasteiger partial charge in [-0.25, -0.2) is 12.8 Å². The molecule has 1 atom stereocenters. The Labute approximate surface area is 217 Å². The van der Waals surface area contributed by atoms with E-state index in [-0.39, 0.29) is 23.2 Å². The van der Waals surface area contributed by atoms with Crippen molar-refractivity contribution in [2.24, 2.45) is 0 Å². The number of methoxy groups -OCH3 is 1.